The summed E-state index contributed by atoms with van der Waals surface area (Å²) in [6.45, 7) is 9.84. The smallest absolute Gasteiger partial charge is 0.0334 e. The lowest BCUT2D eigenvalue weighted by atomic mass is 9.85. The maximum absolute atomic E-state index is 5.71. The number of rotatable bonds is 6. The molecule has 1 rings (SSSR count). The van der Waals surface area contributed by atoms with Crippen molar-refractivity contribution in [2.75, 3.05) is 32.7 Å². The van der Waals surface area contributed by atoms with Crippen LogP contribution in [0.1, 0.15) is 39.5 Å². The number of nitrogens with one attached hydrogen (secondary N) is 1. The molecule has 90 valence electrons. The highest BCUT2D eigenvalue weighted by Crippen LogP contribution is 2.28. The molecule has 0 unspecified atom stereocenters. The third-order valence-corrected chi connectivity index (χ3v) is 3.51. The molecule has 0 amide bonds. The van der Waals surface area contributed by atoms with Crippen LogP contribution < -0.4 is 11.1 Å². The van der Waals surface area contributed by atoms with Crippen molar-refractivity contribution < 1.29 is 0 Å². The SMILES string of the molecule is CCCC1(CCC)CNCCN1CCN. The second kappa shape index (κ2) is 6.46. The van der Waals surface area contributed by atoms with E-state index in [0.29, 0.717) is 5.54 Å². The van der Waals surface area contributed by atoms with Gasteiger partial charge in [0, 0.05) is 38.3 Å². The molecule has 3 heteroatoms. The Morgan fingerprint density at radius 3 is 2.47 bits per heavy atom. The van der Waals surface area contributed by atoms with Crippen molar-refractivity contribution in [2.45, 2.75) is 45.1 Å². The summed E-state index contributed by atoms with van der Waals surface area (Å²) in [5.41, 5.74) is 6.10. The lowest BCUT2D eigenvalue weighted by Crippen LogP contribution is -2.62. The molecule has 1 aliphatic rings. The highest BCUT2D eigenvalue weighted by Gasteiger charge is 2.36. The molecule has 15 heavy (non-hydrogen) atoms. The first-order chi connectivity index (χ1) is 7.29. The van der Waals surface area contributed by atoms with Crippen LogP contribution in [-0.4, -0.2) is 43.2 Å². The van der Waals surface area contributed by atoms with Crippen LogP contribution in [0.15, 0.2) is 0 Å². The summed E-state index contributed by atoms with van der Waals surface area (Å²) < 4.78 is 0. The third kappa shape index (κ3) is 3.16. The number of nitrogens with zero attached hydrogens (tertiary/aromatic N) is 1. The van der Waals surface area contributed by atoms with E-state index in [1.807, 2.05) is 0 Å². The fourth-order valence-electron chi connectivity index (χ4n) is 2.94. The molecule has 0 spiro atoms. The van der Waals surface area contributed by atoms with Crippen molar-refractivity contribution in [3.8, 4) is 0 Å². The van der Waals surface area contributed by atoms with Gasteiger partial charge in [-0.05, 0) is 12.8 Å². The molecular weight excluding hydrogens is 186 g/mol. The van der Waals surface area contributed by atoms with Crippen molar-refractivity contribution in [3.05, 3.63) is 0 Å². The monoisotopic (exact) mass is 213 g/mol. The average molecular weight is 213 g/mol. The molecule has 1 aliphatic heterocycles. The molecule has 0 saturated carbocycles. The van der Waals surface area contributed by atoms with Crippen molar-refractivity contribution in [2.24, 2.45) is 5.73 Å². The first-order valence-electron chi connectivity index (χ1n) is 6.45. The van der Waals surface area contributed by atoms with Gasteiger partial charge in [0.2, 0.25) is 0 Å². The van der Waals surface area contributed by atoms with Crippen LogP contribution in [0.2, 0.25) is 0 Å². The van der Waals surface area contributed by atoms with E-state index in [1.54, 1.807) is 0 Å². The van der Waals surface area contributed by atoms with Crippen LogP contribution in [0.3, 0.4) is 0 Å². The van der Waals surface area contributed by atoms with E-state index in [4.69, 9.17) is 5.73 Å². The van der Waals surface area contributed by atoms with Gasteiger partial charge < -0.3 is 11.1 Å². The van der Waals surface area contributed by atoms with Gasteiger partial charge in [0.15, 0.2) is 0 Å². The van der Waals surface area contributed by atoms with Crippen molar-refractivity contribution in [1.82, 2.24) is 10.2 Å². The fourth-order valence-corrected chi connectivity index (χ4v) is 2.94. The minimum Gasteiger partial charge on any atom is -0.329 e. The Morgan fingerprint density at radius 2 is 1.93 bits per heavy atom. The molecule has 0 aromatic carbocycles. The van der Waals surface area contributed by atoms with Crippen LogP contribution in [0.4, 0.5) is 0 Å². The zero-order chi connectivity index (χ0) is 11.1. The number of nitrogens with two attached hydrogens (primary N) is 1. The Bertz CT molecular complexity index is 157. The number of hydrogen-bond acceptors (Lipinski definition) is 3. The van der Waals surface area contributed by atoms with E-state index >= 15 is 0 Å². The molecular formula is C12H27N3. The summed E-state index contributed by atoms with van der Waals surface area (Å²) in [4.78, 5) is 2.62. The summed E-state index contributed by atoms with van der Waals surface area (Å²) in [5, 5.41) is 3.55. The highest BCUT2D eigenvalue weighted by atomic mass is 15.3. The van der Waals surface area contributed by atoms with Crippen molar-refractivity contribution in [3.63, 3.8) is 0 Å². The van der Waals surface area contributed by atoms with Crippen LogP contribution in [0.25, 0.3) is 0 Å². The van der Waals surface area contributed by atoms with E-state index in [0.717, 1.165) is 32.7 Å². The summed E-state index contributed by atoms with van der Waals surface area (Å²) in [5.74, 6) is 0. The quantitative estimate of drug-likeness (QED) is 0.696. The van der Waals surface area contributed by atoms with E-state index in [1.165, 1.54) is 25.7 Å². The van der Waals surface area contributed by atoms with Gasteiger partial charge in [-0.15, -0.1) is 0 Å². The molecule has 0 bridgehead atoms. The van der Waals surface area contributed by atoms with E-state index in [-0.39, 0.29) is 0 Å². The Kier molecular flexibility index (Phi) is 5.58. The topological polar surface area (TPSA) is 41.3 Å². The summed E-state index contributed by atoms with van der Waals surface area (Å²) in [7, 11) is 0. The van der Waals surface area contributed by atoms with Crippen molar-refractivity contribution >= 4 is 0 Å². The molecule has 0 atom stereocenters. The second-order valence-corrected chi connectivity index (χ2v) is 4.68. The van der Waals surface area contributed by atoms with Gasteiger partial charge in [0.25, 0.3) is 0 Å². The second-order valence-electron chi connectivity index (χ2n) is 4.68. The molecule has 1 heterocycles. The predicted octanol–water partition coefficient (Wildman–Crippen LogP) is 1.19. The number of hydrogen-bond donors (Lipinski definition) is 2. The van der Waals surface area contributed by atoms with Crippen LogP contribution in [-0.2, 0) is 0 Å². The standard InChI is InChI=1S/C12H27N3/c1-3-5-12(6-4-2)11-14-8-10-15(12)9-7-13/h14H,3-11,13H2,1-2H3. The fraction of sp³-hybridized carbons (Fsp3) is 1.00. The minimum absolute atomic E-state index is 0.390. The van der Waals surface area contributed by atoms with E-state index in [2.05, 4.69) is 24.1 Å². The van der Waals surface area contributed by atoms with Crippen LogP contribution in [0.5, 0.6) is 0 Å². The predicted molar refractivity (Wildman–Crippen MR) is 66.0 cm³/mol. The van der Waals surface area contributed by atoms with Crippen LogP contribution in [0, 0.1) is 0 Å². The first kappa shape index (κ1) is 12.9. The van der Waals surface area contributed by atoms with Gasteiger partial charge >= 0.3 is 0 Å². The molecule has 0 aromatic heterocycles. The Balaban J connectivity index is 2.68. The van der Waals surface area contributed by atoms with Gasteiger partial charge in [-0.1, -0.05) is 26.7 Å². The highest BCUT2D eigenvalue weighted by molar-refractivity contribution is 4.95. The number of piperazine rings is 1. The van der Waals surface area contributed by atoms with E-state index < -0.39 is 0 Å². The van der Waals surface area contributed by atoms with Crippen LogP contribution >= 0.6 is 0 Å². The summed E-state index contributed by atoms with van der Waals surface area (Å²) in [6.07, 6.45) is 5.13. The van der Waals surface area contributed by atoms with Gasteiger partial charge in [0.1, 0.15) is 0 Å². The molecule has 1 saturated heterocycles. The third-order valence-electron chi connectivity index (χ3n) is 3.51. The minimum atomic E-state index is 0.390. The zero-order valence-corrected chi connectivity index (χ0v) is 10.4. The molecule has 0 radical (unpaired) electrons. The normalized spacial score (nSPS) is 21.8. The maximum Gasteiger partial charge on any atom is 0.0334 e. The van der Waals surface area contributed by atoms with E-state index in [9.17, 15) is 0 Å². The Hall–Kier alpha value is -0.120. The molecule has 3 nitrogen and oxygen atoms in total. The largest absolute Gasteiger partial charge is 0.329 e. The molecule has 0 aromatic rings. The van der Waals surface area contributed by atoms with Gasteiger partial charge in [0.05, 0.1) is 0 Å². The first-order valence-corrected chi connectivity index (χ1v) is 6.45. The Morgan fingerprint density at radius 1 is 1.27 bits per heavy atom. The lowest BCUT2D eigenvalue weighted by Gasteiger charge is -2.48. The Labute approximate surface area is 94.4 Å². The summed E-state index contributed by atoms with van der Waals surface area (Å²) in [6, 6.07) is 0. The molecule has 3 N–H and O–H groups in total. The lowest BCUT2D eigenvalue weighted by molar-refractivity contribution is 0.0457. The maximum atomic E-state index is 5.71. The van der Waals surface area contributed by atoms with Gasteiger partial charge in [-0.3, -0.25) is 4.90 Å². The average Bonchev–Trinajstić information content (AvgIpc) is 2.23. The molecule has 0 aliphatic carbocycles. The molecule has 1 fully saturated rings. The summed E-state index contributed by atoms with van der Waals surface area (Å²) >= 11 is 0. The van der Waals surface area contributed by atoms with Crippen molar-refractivity contribution in [1.29, 1.82) is 0 Å². The van der Waals surface area contributed by atoms with Gasteiger partial charge in [-0.25, -0.2) is 0 Å². The van der Waals surface area contributed by atoms with Gasteiger partial charge in [-0.2, -0.15) is 0 Å². The zero-order valence-electron chi connectivity index (χ0n) is 10.4.